The zero-order valence-corrected chi connectivity index (χ0v) is 17.9. The van der Waals surface area contributed by atoms with Crippen molar-refractivity contribution < 1.29 is 4.74 Å². The van der Waals surface area contributed by atoms with Gasteiger partial charge in [-0.15, -0.1) is 5.10 Å². The molecule has 0 radical (unpaired) electrons. The Morgan fingerprint density at radius 1 is 1.03 bits per heavy atom. The van der Waals surface area contributed by atoms with E-state index in [4.69, 9.17) is 21.3 Å². The molecule has 7 heteroatoms. The smallest absolute Gasteiger partial charge is 0.186 e. The lowest BCUT2D eigenvalue weighted by atomic mass is 10.1. The van der Waals surface area contributed by atoms with E-state index in [1.54, 1.807) is 11.6 Å². The second-order valence-electron chi connectivity index (χ2n) is 7.37. The lowest BCUT2D eigenvalue weighted by Crippen LogP contribution is -2.05. The molecule has 0 aliphatic heterocycles. The van der Waals surface area contributed by atoms with Gasteiger partial charge in [0.05, 0.1) is 12.6 Å². The summed E-state index contributed by atoms with van der Waals surface area (Å²) in [5.41, 5.74) is 5.58. The molecule has 2 aromatic heterocycles. The SMILES string of the molecule is COc1ccc(CNc2nc3c(-c4cccc(C)c4)nnn3c3ccc(Cl)cc23)cc1. The number of aromatic nitrogens is 4. The first-order valence-electron chi connectivity index (χ1n) is 9.91. The Labute approximate surface area is 184 Å². The van der Waals surface area contributed by atoms with Gasteiger partial charge in [-0.2, -0.15) is 4.52 Å². The van der Waals surface area contributed by atoms with Crippen LogP contribution in [0.4, 0.5) is 5.82 Å². The first-order valence-corrected chi connectivity index (χ1v) is 10.3. The van der Waals surface area contributed by atoms with Crippen molar-refractivity contribution in [3.8, 4) is 17.0 Å². The summed E-state index contributed by atoms with van der Waals surface area (Å²) >= 11 is 6.30. The number of rotatable bonds is 5. The topological polar surface area (TPSA) is 64.3 Å². The van der Waals surface area contributed by atoms with Gasteiger partial charge in [-0.25, -0.2) is 4.98 Å². The third-order valence-electron chi connectivity index (χ3n) is 5.22. The lowest BCUT2D eigenvalue weighted by Gasteiger charge is -2.11. The third kappa shape index (κ3) is 3.66. The van der Waals surface area contributed by atoms with Gasteiger partial charge < -0.3 is 10.1 Å². The Morgan fingerprint density at radius 2 is 1.87 bits per heavy atom. The molecule has 0 aliphatic rings. The van der Waals surface area contributed by atoms with E-state index in [0.717, 1.165) is 44.9 Å². The second-order valence-corrected chi connectivity index (χ2v) is 7.80. The Morgan fingerprint density at radius 3 is 2.65 bits per heavy atom. The van der Waals surface area contributed by atoms with Crippen LogP contribution in [0.2, 0.25) is 5.02 Å². The molecular weight excluding hydrogens is 410 g/mol. The summed E-state index contributed by atoms with van der Waals surface area (Å²) in [4.78, 5) is 4.90. The normalized spacial score (nSPS) is 11.2. The van der Waals surface area contributed by atoms with Gasteiger partial charge in [-0.3, -0.25) is 0 Å². The minimum atomic E-state index is 0.607. The average Bonchev–Trinajstić information content (AvgIpc) is 3.21. The molecule has 0 unspecified atom stereocenters. The van der Waals surface area contributed by atoms with Gasteiger partial charge in [-0.1, -0.05) is 52.7 Å². The molecule has 1 N–H and O–H groups in total. The van der Waals surface area contributed by atoms with Crippen LogP contribution in [0, 0.1) is 6.92 Å². The fraction of sp³-hybridized carbons (Fsp3) is 0.125. The quantitative estimate of drug-likeness (QED) is 0.398. The molecule has 0 bridgehead atoms. The molecular formula is C24H20ClN5O. The highest BCUT2D eigenvalue weighted by molar-refractivity contribution is 6.31. The second kappa shape index (κ2) is 7.89. The molecule has 154 valence electrons. The van der Waals surface area contributed by atoms with Crippen LogP contribution >= 0.6 is 11.6 Å². The number of nitrogens with zero attached hydrogens (tertiary/aromatic N) is 4. The fourth-order valence-corrected chi connectivity index (χ4v) is 3.80. The molecule has 0 amide bonds. The van der Waals surface area contributed by atoms with Gasteiger partial charge in [-0.05, 0) is 48.9 Å². The number of hydrogen-bond acceptors (Lipinski definition) is 5. The van der Waals surface area contributed by atoms with Crippen LogP contribution in [-0.2, 0) is 6.54 Å². The number of hydrogen-bond donors (Lipinski definition) is 1. The van der Waals surface area contributed by atoms with Crippen LogP contribution in [0.3, 0.4) is 0 Å². The number of anilines is 1. The number of aryl methyl sites for hydroxylation is 1. The Balaban J connectivity index is 1.62. The monoisotopic (exact) mass is 429 g/mol. The van der Waals surface area contributed by atoms with E-state index in [0.29, 0.717) is 17.2 Å². The van der Waals surface area contributed by atoms with E-state index in [2.05, 4.69) is 34.7 Å². The molecule has 5 rings (SSSR count). The molecule has 3 aromatic carbocycles. The highest BCUT2D eigenvalue weighted by Gasteiger charge is 2.16. The van der Waals surface area contributed by atoms with Gasteiger partial charge in [0, 0.05) is 22.5 Å². The zero-order valence-electron chi connectivity index (χ0n) is 17.1. The van der Waals surface area contributed by atoms with E-state index in [1.807, 2.05) is 54.6 Å². The molecule has 0 spiro atoms. The number of nitrogens with one attached hydrogen (secondary N) is 1. The molecule has 0 atom stereocenters. The standard InChI is InChI=1S/C24H20ClN5O/c1-15-4-3-5-17(12-15)22-24-27-23(26-14-16-6-9-19(31-2)10-7-16)20-13-18(25)8-11-21(20)30(24)29-28-22/h3-13H,14H2,1-2H3,(H,26,27). The van der Waals surface area contributed by atoms with Crippen LogP contribution in [-0.4, -0.2) is 26.9 Å². The van der Waals surface area contributed by atoms with Crippen LogP contribution in [0.15, 0.2) is 66.7 Å². The van der Waals surface area contributed by atoms with Crippen molar-refractivity contribution in [2.75, 3.05) is 12.4 Å². The third-order valence-corrected chi connectivity index (χ3v) is 5.45. The summed E-state index contributed by atoms with van der Waals surface area (Å²) in [5.74, 6) is 1.56. The van der Waals surface area contributed by atoms with E-state index < -0.39 is 0 Å². The number of benzene rings is 3. The van der Waals surface area contributed by atoms with Gasteiger partial charge in [0.2, 0.25) is 0 Å². The van der Waals surface area contributed by atoms with Crippen molar-refractivity contribution in [1.82, 2.24) is 19.8 Å². The number of halogens is 1. The Hall–Kier alpha value is -3.64. The largest absolute Gasteiger partial charge is 0.497 e. The summed E-state index contributed by atoms with van der Waals surface area (Å²) in [5, 5.41) is 13.8. The molecule has 5 aromatic rings. The molecule has 31 heavy (non-hydrogen) atoms. The molecule has 2 heterocycles. The zero-order chi connectivity index (χ0) is 21.4. The summed E-state index contributed by atoms with van der Waals surface area (Å²) in [6, 6.07) is 21.8. The first-order chi connectivity index (χ1) is 15.1. The molecule has 6 nitrogen and oxygen atoms in total. The predicted molar refractivity (Wildman–Crippen MR) is 124 cm³/mol. The summed E-state index contributed by atoms with van der Waals surface area (Å²) < 4.78 is 7.01. The van der Waals surface area contributed by atoms with Crippen molar-refractivity contribution in [3.63, 3.8) is 0 Å². The number of fused-ring (bicyclic) bond motifs is 3. The minimum Gasteiger partial charge on any atom is -0.497 e. The molecule has 0 saturated heterocycles. The van der Waals surface area contributed by atoms with E-state index in [-0.39, 0.29) is 0 Å². The van der Waals surface area contributed by atoms with E-state index >= 15 is 0 Å². The average molecular weight is 430 g/mol. The maximum Gasteiger partial charge on any atom is 0.186 e. The minimum absolute atomic E-state index is 0.607. The highest BCUT2D eigenvalue weighted by Crippen LogP contribution is 2.30. The predicted octanol–water partition coefficient (Wildman–Crippen LogP) is 5.53. The summed E-state index contributed by atoms with van der Waals surface area (Å²) in [7, 11) is 1.66. The number of ether oxygens (including phenoxy) is 1. The summed E-state index contributed by atoms with van der Waals surface area (Å²) in [6.07, 6.45) is 0. The van der Waals surface area contributed by atoms with Crippen molar-refractivity contribution in [1.29, 1.82) is 0 Å². The fourth-order valence-electron chi connectivity index (χ4n) is 3.63. The Kier molecular flexibility index (Phi) is 4.92. The lowest BCUT2D eigenvalue weighted by molar-refractivity contribution is 0.414. The van der Waals surface area contributed by atoms with E-state index in [1.165, 1.54) is 0 Å². The van der Waals surface area contributed by atoms with Gasteiger partial charge in [0.1, 0.15) is 17.3 Å². The van der Waals surface area contributed by atoms with Crippen molar-refractivity contribution in [3.05, 3.63) is 82.9 Å². The number of methoxy groups -OCH3 is 1. The maximum atomic E-state index is 6.30. The van der Waals surface area contributed by atoms with Gasteiger partial charge in [0.15, 0.2) is 5.65 Å². The molecule has 0 fully saturated rings. The van der Waals surface area contributed by atoms with Gasteiger partial charge in [0.25, 0.3) is 0 Å². The van der Waals surface area contributed by atoms with Crippen LogP contribution in [0.1, 0.15) is 11.1 Å². The van der Waals surface area contributed by atoms with Crippen LogP contribution in [0.25, 0.3) is 27.8 Å². The van der Waals surface area contributed by atoms with Gasteiger partial charge >= 0.3 is 0 Å². The Bertz CT molecular complexity index is 1400. The maximum absolute atomic E-state index is 6.30. The van der Waals surface area contributed by atoms with E-state index in [9.17, 15) is 0 Å². The van der Waals surface area contributed by atoms with Crippen LogP contribution < -0.4 is 10.1 Å². The first kappa shape index (κ1) is 19.3. The molecule has 0 aliphatic carbocycles. The highest BCUT2D eigenvalue weighted by atomic mass is 35.5. The van der Waals surface area contributed by atoms with Crippen LogP contribution in [0.5, 0.6) is 5.75 Å². The van der Waals surface area contributed by atoms with Crippen molar-refractivity contribution >= 4 is 34.0 Å². The van der Waals surface area contributed by atoms with Crippen molar-refractivity contribution in [2.45, 2.75) is 13.5 Å². The molecule has 0 saturated carbocycles. The summed E-state index contributed by atoms with van der Waals surface area (Å²) in [6.45, 7) is 2.66. The van der Waals surface area contributed by atoms with Crippen molar-refractivity contribution in [2.24, 2.45) is 0 Å².